The molecular weight excluding hydrogens is 268 g/mol. The highest BCUT2D eigenvalue weighted by molar-refractivity contribution is 5.74. The Bertz CT molecular complexity index is 486. The number of anilines is 1. The fourth-order valence-electron chi connectivity index (χ4n) is 2.05. The number of benzene rings is 1. The van der Waals surface area contributed by atoms with E-state index in [0.29, 0.717) is 12.8 Å². The summed E-state index contributed by atoms with van der Waals surface area (Å²) in [6.45, 7) is 5.85. The van der Waals surface area contributed by atoms with Crippen molar-refractivity contribution in [2.45, 2.75) is 46.1 Å². The monoisotopic (exact) mass is 292 g/mol. The molecule has 0 aliphatic rings. The molecule has 0 spiro atoms. The van der Waals surface area contributed by atoms with Crippen molar-refractivity contribution in [1.29, 1.82) is 0 Å². The van der Waals surface area contributed by atoms with E-state index in [-0.39, 0.29) is 24.3 Å². The molecule has 0 fully saturated rings. The van der Waals surface area contributed by atoms with Gasteiger partial charge in [0, 0.05) is 12.3 Å². The van der Waals surface area contributed by atoms with Crippen molar-refractivity contribution in [3.8, 4) is 0 Å². The Balaban J connectivity index is 2.82. The number of aldehydes is 1. The first-order valence-corrected chi connectivity index (χ1v) is 7.17. The maximum absolute atomic E-state index is 11.2. The van der Waals surface area contributed by atoms with E-state index in [9.17, 15) is 9.59 Å². The lowest BCUT2D eigenvalue weighted by Gasteiger charge is -2.18. The Hall–Kier alpha value is -1.88. The van der Waals surface area contributed by atoms with Crippen LogP contribution in [0.2, 0.25) is 0 Å². The number of nitrogens with two attached hydrogens (primary N) is 1. The van der Waals surface area contributed by atoms with E-state index in [1.54, 1.807) is 0 Å². The normalized spacial score (nSPS) is 12.2. The van der Waals surface area contributed by atoms with Crippen molar-refractivity contribution in [2.24, 2.45) is 11.7 Å². The molecule has 0 saturated heterocycles. The van der Waals surface area contributed by atoms with Gasteiger partial charge in [-0.1, -0.05) is 18.2 Å². The fourth-order valence-corrected chi connectivity index (χ4v) is 2.05. The minimum absolute atomic E-state index is 0.0502. The van der Waals surface area contributed by atoms with Crippen LogP contribution < -0.4 is 11.2 Å². The first kappa shape index (κ1) is 17.2. The summed E-state index contributed by atoms with van der Waals surface area (Å²) in [5.74, 6) is -0.605. The third-order valence-corrected chi connectivity index (χ3v) is 3.19. The molecule has 1 amide bonds. The Morgan fingerprint density at radius 3 is 2.71 bits per heavy atom. The molecule has 5 nitrogen and oxygen atoms in total. The lowest BCUT2D eigenvalue weighted by molar-refractivity contribution is -0.118. The van der Waals surface area contributed by atoms with E-state index in [1.807, 2.05) is 39.0 Å². The van der Waals surface area contributed by atoms with E-state index in [2.05, 4.69) is 5.48 Å². The van der Waals surface area contributed by atoms with E-state index in [0.717, 1.165) is 23.1 Å². The van der Waals surface area contributed by atoms with Crippen molar-refractivity contribution in [1.82, 2.24) is 0 Å². The van der Waals surface area contributed by atoms with Gasteiger partial charge in [-0.2, -0.15) is 0 Å². The molecule has 21 heavy (non-hydrogen) atoms. The number of nitrogens with one attached hydrogen (secondary N) is 1. The number of hydrogen-bond acceptors (Lipinski definition) is 4. The number of carbonyl (C=O) groups is 2. The second-order valence-electron chi connectivity index (χ2n) is 5.48. The highest BCUT2D eigenvalue weighted by Crippen LogP contribution is 2.24. The van der Waals surface area contributed by atoms with Crippen LogP contribution in [0.4, 0.5) is 5.69 Å². The molecule has 1 aromatic rings. The topological polar surface area (TPSA) is 81.4 Å². The van der Waals surface area contributed by atoms with Crippen LogP contribution in [0, 0.1) is 12.8 Å². The van der Waals surface area contributed by atoms with Gasteiger partial charge in [0.05, 0.1) is 11.8 Å². The van der Waals surface area contributed by atoms with E-state index in [1.165, 1.54) is 0 Å². The van der Waals surface area contributed by atoms with Gasteiger partial charge < -0.3 is 10.5 Å². The largest absolute Gasteiger partial charge is 0.370 e. The van der Waals surface area contributed by atoms with Crippen molar-refractivity contribution >= 4 is 17.9 Å². The molecule has 0 bridgehead atoms. The third-order valence-electron chi connectivity index (χ3n) is 3.19. The predicted octanol–water partition coefficient (Wildman–Crippen LogP) is 2.37. The molecule has 116 valence electrons. The summed E-state index contributed by atoms with van der Waals surface area (Å²) in [4.78, 5) is 27.5. The van der Waals surface area contributed by atoms with E-state index < -0.39 is 0 Å². The number of primary amides is 1. The lowest BCUT2D eigenvalue weighted by Crippen LogP contribution is -2.16. The molecule has 0 heterocycles. The summed E-state index contributed by atoms with van der Waals surface area (Å²) in [5.41, 5.74) is 11.0. The number of carbonyl (C=O) groups excluding carboxylic acids is 2. The molecule has 3 N–H and O–H groups in total. The second kappa shape index (κ2) is 8.42. The molecule has 1 rings (SSSR count). The Morgan fingerprint density at radius 2 is 2.14 bits per heavy atom. The minimum atomic E-state index is -0.382. The minimum Gasteiger partial charge on any atom is -0.370 e. The first-order valence-electron chi connectivity index (χ1n) is 7.17. The number of para-hydroxylation sites is 1. The number of aryl methyl sites for hydroxylation is 1. The molecule has 1 atom stereocenters. The van der Waals surface area contributed by atoms with Gasteiger partial charge in [0.2, 0.25) is 5.91 Å². The molecule has 5 heteroatoms. The van der Waals surface area contributed by atoms with Gasteiger partial charge in [0.15, 0.2) is 0 Å². The van der Waals surface area contributed by atoms with Crippen LogP contribution in [-0.4, -0.2) is 18.3 Å². The summed E-state index contributed by atoms with van der Waals surface area (Å²) in [6.07, 6.45) is 2.19. The molecule has 1 aromatic carbocycles. The van der Waals surface area contributed by atoms with Crippen molar-refractivity contribution in [3.05, 3.63) is 29.3 Å². The highest BCUT2D eigenvalue weighted by atomic mass is 16.7. The van der Waals surface area contributed by atoms with Crippen LogP contribution in [0.25, 0.3) is 0 Å². The van der Waals surface area contributed by atoms with Crippen LogP contribution in [0.1, 0.15) is 37.8 Å². The number of hydrogen-bond donors (Lipinski definition) is 2. The summed E-state index contributed by atoms with van der Waals surface area (Å²) in [6, 6.07) is 5.88. The first-order chi connectivity index (χ1) is 9.93. The zero-order chi connectivity index (χ0) is 15.8. The molecule has 0 aromatic heterocycles. The van der Waals surface area contributed by atoms with Crippen LogP contribution in [0.3, 0.4) is 0 Å². The second-order valence-corrected chi connectivity index (χ2v) is 5.48. The highest BCUT2D eigenvalue weighted by Gasteiger charge is 2.14. The third kappa shape index (κ3) is 5.95. The average Bonchev–Trinajstić information content (AvgIpc) is 2.42. The summed E-state index contributed by atoms with van der Waals surface area (Å²) in [7, 11) is 0. The molecule has 0 aliphatic heterocycles. The molecule has 1 unspecified atom stereocenters. The van der Waals surface area contributed by atoms with Crippen molar-refractivity contribution < 1.29 is 14.4 Å². The molecule has 0 aliphatic carbocycles. The van der Waals surface area contributed by atoms with Gasteiger partial charge in [0.25, 0.3) is 0 Å². The van der Waals surface area contributed by atoms with Crippen LogP contribution >= 0.6 is 0 Å². The van der Waals surface area contributed by atoms with E-state index >= 15 is 0 Å². The summed E-state index contributed by atoms with van der Waals surface area (Å²) >= 11 is 0. The SMILES string of the molecule is Cc1cccc(CC(C=O)CCC(N)=O)c1NOC(C)C. The van der Waals surface area contributed by atoms with Crippen molar-refractivity contribution in [3.63, 3.8) is 0 Å². The maximum atomic E-state index is 11.2. The van der Waals surface area contributed by atoms with Crippen molar-refractivity contribution in [2.75, 3.05) is 5.48 Å². The molecule has 0 radical (unpaired) electrons. The van der Waals surface area contributed by atoms with E-state index in [4.69, 9.17) is 10.6 Å². The summed E-state index contributed by atoms with van der Waals surface area (Å²) in [5, 5.41) is 0. The summed E-state index contributed by atoms with van der Waals surface area (Å²) < 4.78 is 0. The smallest absolute Gasteiger partial charge is 0.217 e. The van der Waals surface area contributed by atoms with Gasteiger partial charge in [-0.3, -0.25) is 15.1 Å². The zero-order valence-electron chi connectivity index (χ0n) is 12.9. The molecule has 0 saturated carbocycles. The Kier molecular flexibility index (Phi) is 6.88. The van der Waals surface area contributed by atoms with Gasteiger partial charge in [-0.15, -0.1) is 0 Å². The van der Waals surface area contributed by atoms with Gasteiger partial charge in [0.1, 0.15) is 6.29 Å². The van der Waals surface area contributed by atoms with Crippen LogP contribution in [0.15, 0.2) is 18.2 Å². The Labute approximate surface area is 125 Å². The van der Waals surface area contributed by atoms with Crippen LogP contribution in [0.5, 0.6) is 0 Å². The van der Waals surface area contributed by atoms with Gasteiger partial charge in [-0.25, -0.2) is 0 Å². The van der Waals surface area contributed by atoms with Gasteiger partial charge in [-0.05, 0) is 44.7 Å². The number of amides is 1. The quantitative estimate of drug-likeness (QED) is 0.541. The molecular formula is C16H24N2O3. The zero-order valence-corrected chi connectivity index (χ0v) is 12.9. The maximum Gasteiger partial charge on any atom is 0.217 e. The lowest BCUT2D eigenvalue weighted by atomic mass is 9.94. The Morgan fingerprint density at radius 1 is 1.43 bits per heavy atom. The van der Waals surface area contributed by atoms with Gasteiger partial charge >= 0.3 is 0 Å². The predicted molar refractivity (Wildman–Crippen MR) is 82.7 cm³/mol. The van der Waals surface area contributed by atoms with Crippen LogP contribution in [-0.2, 0) is 20.8 Å². The average molecular weight is 292 g/mol. The standard InChI is InChI=1S/C16H24N2O3/c1-11(2)21-18-16-12(3)5-4-6-14(16)9-13(10-19)7-8-15(17)20/h4-6,10-11,13,18H,7-9H2,1-3H3,(H2,17,20). The number of rotatable bonds is 9. The fraction of sp³-hybridized carbons (Fsp3) is 0.500.